The average molecular weight is 429 g/mol. The largest absolute Gasteiger partial charge is 0.326 e. The number of carbonyl (C=O) groups is 1. The third-order valence-electron chi connectivity index (χ3n) is 4.31. The second-order valence-corrected chi connectivity index (χ2v) is 8.79. The van der Waals surface area contributed by atoms with Crippen molar-refractivity contribution >= 4 is 38.9 Å². The maximum atomic E-state index is 12.4. The molecule has 0 heterocycles. The molecule has 0 fully saturated rings. The van der Waals surface area contributed by atoms with E-state index in [1.165, 1.54) is 0 Å². The molecule has 7 heteroatoms. The van der Waals surface area contributed by atoms with Crippen molar-refractivity contribution in [3.8, 4) is 0 Å². The van der Waals surface area contributed by atoms with E-state index in [0.717, 1.165) is 11.1 Å². The molecule has 5 nitrogen and oxygen atoms in total. The Morgan fingerprint density at radius 3 is 2.07 bits per heavy atom. The van der Waals surface area contributed by atoms with Crippen molar-refractivity contribution in [1.29, 1.82) is 0 Å². The Bertz CT molecular complexity index is 1080. The average Bonchev–Trinajstić information content (AvgIpc) is 2.69. The van der Waals surface area contributed by atoms with Gasteiger partial charge in [0.1, 0.15) is 0 Å². The maximum absolute atomic E-state index is 12.4. The van der Waals surface area contributed by atoms with Crippen LogP contribution < -0.4 is 10.0 Å². The van der Waals surface area contributed by atoms with Crippen molar-refractivity contribution in [3.63, 3.8) is 0 Å². The fourth-order valence-corrected chi connectivity index (χ4v) is 3.87. The predicted molar refractivity (Wildman–Crippen MR) is 117 cm³/mol. The molecule has 0 aliphatic rings. The smallest absolute Gasteiger partial charge is 0.261 e. The van der Waals surface area contributed by atoms with Gasteiger partial charge in [0.25, 0.3) is 10.0 Å². The van der Waals surface area contributed by atoms with Gasteiger partial charge in [-0.1, -0.05) is 41.4 Å². The fourth-order valence-electron chi connectivity index (χ4n) is 2.69. The summed E-state index contributed by atoms with van der Waals surface area (Å²) in [4.78, 5) is 12.3. The SMILES string of the molecule is Cc1ccc(S(=O)(=O)Nc2ccc(NC(=O)CCc3ccc(Cl)cc3)cc2)cc1. The van der Waals surface area contributed by atoms with E-state index >= 15 is 0 Å². The first-order valence-electron chi connectivity index (χ1n) is 9.06. The van der Waals surface area contributed by atoms with Crippen LogP contribution in [0, 0.1) is 6.92 Å². The number of anilines is 2. The van der Waals surface area contributed by atoms with Crippen molar-refractivity contribution in [2.24, 2.45) is 0 Å². The first kappa shape index (κ1) is 20.9. The summed E-state index contributed by atoms with van der Waals surface area (Å²) in [5.74, 6) is -0.118. The van der Waals surface area contributed by atoms with Gasteiger partial charge in [-0.15, -0.1) is 0 Å². The Labute approximate surface area is 175 Å². The van der Waals surface area contributed by atoms with E-state index in [2.05, 4.69) is 10.0 Å². The molecule has 0 aliphatic heterocycles. The molecule has 0 unspecified atom stereocenters. The summed E-state index contributed by atoms with van der Waals surface area (Å²) in [6.07, 6.45) is 0.945. The topological polar surface area (TPSA) is 75.3 Å². The van der Waals surface area contributed by atoms with Crippen LogP contribution in [0.15, 0.2) is 77.7 Å². The number of amides is 1. The van der Waals surface area contributed by atoms with Crippen LogP contribution in [0.25, 0.3) is 0 Å². The summed E-state index contributed by atoms with van der Waals surface area (Å²) in [7, 11) is -3.66. The highest BCUT2D eigenvalue weighted by Gasteiger charge is 2.13. The number of rotatable bonds is 7. The summed E-state index contributed by atoms with van der Waals surface area (Å²) in [6.45, 7) is 1.90. The number of aryl methyl sites for hydroxylation is 2. The van der Waals surface area contributed by atoms with E-state index in [1.807, 2.05) is 19.1 Å². The van der Waals surface area contributed by atoms with Crippen LogP contribution >= 0.6 is 11.6 Å². The Hall–Kier alpha value is -2.83. The van der Waals surface area contributed by atoms with Crippen molar-refractivity contribution in [2.45, 2.75) is 24.7 Å². The molecular formula is C22H21ClN2O3S. The minimum Gasteiger partial charge on any atom is -0.326 e. The first-order chi connectivity index (χ1) is 13.8. The molecule has 2 N–H and O–H groups in total. The zero-order valence-corrected chi connectivity index (χ0v) is 17.4. The minimum absolute atomic E-state index is 0.118. The molecule has 0 aliphatic carbocycles. The number of benzene rings is 3. The van der Waals surface area contributed by atoms with Crippen molar-refractivity contribution in [3.05, 3.63) is 88.9 Å². The number of sulfonamides is 1. The molecule has 3 aromatic rings. The van der Waals surface area contributed by atoms with Gasteiger partial charge in [-0.2, -0.15) is 0 Å². The van der Waals surface area contributed by atoms with Crippen LogP contribution in [0.4, 0.5) is 11.4 Å². The van der Waals surface area contributed by atoms with Crippen molar-refractivity contribution in [2.75, 3.05) is 10.0 Å². The Morgan fingerprint density at radius 2 is 1.45 bits per heavy atom. The third kappa shape index (κ3) is 6.07. The van der Waals surface area contributed by atoms with Gasteiger partial charge in [0.2, 0.25) is 5.91 Å². The fraction of sp³-hybridized carbons (Fsp3) is 0.136. The Morgan fingerprint density at radius 1 is 0.862 bits per heavy atom. The van der Waals surface area contributed by atoms with Gasteiger partial charge in [0.05, 0.1) is 4.90 Å². The van der Waals surface area contributed by atoms with E-state index in [0.29, 0.717) is 29.2 Å². The van der Waals surface area contributed by atoms with Crippen LogP contribution in [0.3, 0.4) is 0 Å². The number of hydrogen-bond acceptors (Lipinski definition) is 3. The molecule has 3 aromatic carbocycles. The lowest BCUT2D eigenvalue weighted by Crippen LogP contribution is -2.14. The lowest BCUT2D eigenvalue weighted by Gasteiger charge is -2.10. The maximum Gasteiger partial charge on any atom is 0.261 e. The third-order valence-corrected chi connectivity index (χ3v) is 5.96. The molecule has 0 spiro atoms. The highest BCUT2D eigenvalue weighted by atomic mass is 35.5. The van der Waals surface area contributed by atoms with E-state index < -0.39 is 10.0 Å². The normalized spacial score (nSPS) is 11.1. The highest BCUT2D eigenvalue weighted by Crippen LogP contribution is 2.19. The zero-order valence-electron chi connectivity index (χ0n) is 15.9. The van der Waals surface area contributed by atoms with Gasteiger partial charge in [0, 0.05) is 22.8 Å². The summed E-state index contributed by atoms with van der Waals surface area (Å²) in [6, 6.07) is 20.5. The minimum atomic E-state index is -3.66. The van der Waals surface area contributed by atoms with Gasteiger partial charge in [-0.05, 0) is 67.4 Å². The van der Waals surface area contributed by atoms with E-state index in [1.54, 1.807) is 60.7 Å². The quantitative estimate of drug-likeness (QED) is 0.554. The first-order valence-corrected chi connectivity index (χ1v) is 10.9. The summed E-state index contributed by atoms with van der Waals surface area (Å²) < 4.78 is 27.4. The Balaban J connectivity index is 1.56. The van der Waals surface area contributed by atoms with Crippen molar-refractivity contribution < 1.29 is 13.2 Å². The molecule has 150 valence electrons. The molecule has 0 radical (unpaired) electrons. The lowest BCUT2D eigenvalue weighted by atomic mass is 10.1. The molecule has 29 heavy (non-hydrogen) atoms. The summed E-state index contributed by atoms with van der Waals surface area (Å²) in [5.41, 5.74) is 3.04. The molecule has 0 saturated carbocycles. The lowest BCUT2D eigenvalue weighted by molar-refractivity contribution is -0.116. The van der Waals surface area contributed by atoms with E-state index in [-0.39, 0.29) is 10.8 Å². The number of halogens is 1. The van der Waals surface area contributed by atoms with Crippen molar-refractivity contribution in [1.82, 2.24) is 0 Å². The highest BCUT2D eigenvalue weighted by molar-refractivity contribution is 7.92. The Kier molecular flexibility index (Phi) is 6.56. The van der Waals surface area contributed by atoms with Crippen LogP contribution in [-0.4, -0.2) is 14.3 Å². The zero-order chi connectivity index (χ0) is 20.9. The molecule has 0 aromatic heterocycles. The van der Waals surface area contributed by atoms with Gasteiger partial charge < -0.3 is 5.32 Å². The molecule has 0 atom stereocenters. The van der Waals surface area contributed by atoms with Crippen LogP contribution in [0.2, 0.25) is 5.02 Å². The molecular weight excluding hydrogens is 408 g/mol. The van der Waals surface area contributed by atoms with Gasteiger partial charge in [-0.25, -0.2) is 8.42 Å². The van der Waals surface area contributed by atoms with Crippen LogP contribution in [0.5, 0.6) is 0 Å². The number of hydrogen-bond donors (Lipinski definition) is 2. The number of carbonyl (C=O) groups excluding carboxylic acids is 1. The monoisotopic (exact) mass is 428 g/mol. The van der Waals surface area contributed by atoms with Crippen LogP contribution in [0.1, 0.15) is 17.5 Å². The summed E-state index contributed by atoms with van der Waals surface area (Å²) >= 11 is 5.85. The molecule has 1 amide bonds. The molecule has 3 rings (SSSR count). The van der Waals surface area contributed by atoms with E-state index in [9.17, 15) is 13.2 Å². The summed E-state index contributed by atoms with van der Waals surface area (Å²) in [5, 5.41) is 3.47. The van der Waals surface area contributed by atoms with Gasteiger partial charge in [0.15, 0.2) is 0 Å². The molecule has 0 saturated heterocycles. The predicted octanol–water partition coefficient (Wildman–Crippen LogP) is 5.02. The standard InChI is InChI=1S/C22H21ClN2O3S/c1-16-2-13-21(14-3-16)29(27,28)25-20-11-9-19(10-12-20)24-22(26)15-6-17-4-7-18(23)8-5-17/h2-5,7-14,25H,6,15H2,1H3,(H,24,26). The number of nitrogens with one attached hydrogen (secondary N) is 2. The second kappa shape index (κ2) is 9.11. The second-order valence-electron chi connectivity index (χ2n) is 6.67. The van der Waals surface area contributed by atoms with Gasteiger partial charge >= 0.3 is 0 Å². The van der Waals surface area contributed by atoms with E-state index in [4.69, 9.17) is 11.6 Å². The van der Waals surface area contributed by atoms with Gasteiger partial charge in [-0.3, -0.25) is 9.52 Å². The molecule has 0 bridgehead atoms. The van der Waals surface area contributed by atoms with Crippen LogP contribution in [-0.2, 0) is 21.2 Å².